The van der Waals surface area contributed by atoms with E-state index in [0.29, 0.717) is 0 Å². The standard InChI is InChI=1S/CH5N3.H2I.Pb/c2-1(3)4;;/h(H5,2,3,4);1H2;/q;+1;+2/p+1. The predicted molar refractivity (Wildman–Crippen MR) is 23.9 cm³/mol. The maximum Gasteiger partial charge on any atom is 2.00 e. The molecule has 0 saturated carbocycles. The van der Waals surface area contributed by atoms with Crippen molar-refractivity contribution < 1.29 is 29.4 Å². The van der Waals surface area contributed by atoms with E-state index in [0.717, 1.165) is 0 Å². The summed E-state index contributed by atoms with van der Waals surface area (Å²) in [5, 5.41) is 4.58. The SMILES string of the molecule is NC(N)=[NH2+].[IH2+].[Pb+2]. The summed E-state index contributed by atoms with van der Waals surface area (Å²) in [6.45, 7) is 0. The Balaban J connectivity index is -0.0000000450. The molecule has 0 aromatic rings. The summed E-state index contributed by atoms with van der Waals surface area (Å²) in [4.78, 5) is 0. The molecule has 0 fully saturated rings. The van der Waals surface area contributed by atoms with Gasteiger partial charge in [-0.25, -0.2) is 0 Å². The molecule has 6 N–H and O–H groups in total. The smallest absolute Gasteiger partial charge is 0.291 e. The topological polar surface area (TPSA) is 77.6 Å². The van der Waals surface area contributed by atoms with Crippen LogP contribution in [0.1, 0.15) is 0 Å². The quantitative estimate of drug-likeness (QED) is 0.165. The van der Waals surface area contributed by atoms with Gasteiger partial charge >= 0.3 is 33.3 Å². The summed E-state index contributed by atoms with van der Waals surface area (Å²) in [7, 11) is 0. The molecule has 6 heavy (non-hydrogen) atoms. The molecular weight excluding hydrogens is 388 g/mol. The fourth-order valence-corrected chi connectivity index (χ4v) is 0. The van der Waals surface area contributed by atoms with Crippen LogP contribution in [-0.4, -0.2) is 33.3 Å². The maximum absolute atomic E-state index is 4.58. The molecule has 0 rings (SSSR count). The molecule has 0 atom stereocenters. The Morgan fingerprint density at radius 1 is 1.33 bits per heavy atom. The van der Waals surface area contributed by atoms with Crippen molar-refractivity contribution in [3.8, 4) is 0 Å². The van der Waals surface area contributed by atoms with Gasteiger partial charge in [-0.05, 0) is 0 Å². The third-order valence-corrected chi connectivity index (χ3v) is 0. The number of rotatable bonds is 0. The van der Waals surface area contributed by atoms with Gasteiger partial charge in [0.15, 0.2) is 0 Å². The third kappa shape index (κ3) is 89.1. The summed E-state index contributed by atoms with van der Waals surface area (Å²) >= 11 is 0. The first kappa shape index (κ1) is 15.8. The molecular formula is CH8IN3Pb+4. The Morgan fingerprint density at radius 3 is 1.33 bits per heavy atom. The minimum absolute atomic E-state index is 0. The molecule has 0 aliphatic heterocycles. The van der Waals surface area contributed by atoms with Crippen LogP contribution in [0.3, 0.4) is 0 Å². The van der Waals surface area contributed by atoms with Crippen LogP contribution < -0.4 is 40.9 Å². The normalized spacial score (nSPS) is 4.00. The van der Waals surface area contributed by atoms with Gasteiger partial charge in [0.1, 0.15) is 0 Å². The molecule has 0 heterocycles. The number of halogens is 1. The van der Waals surface area contributed by atoms with Crippen LogP contribution >= 0.6 is 0 Å². The second-order valence-corrected chi connectivity index (χ2v) is 0.500. The molecule has 5 heteroatoms. The number of hydrogen-bond acceptors (Lipinski definition) is 0. The van der Waals surface area contributed by atoms with E-state index in [2.05, 4.69) is 16.9 Å². The van der Waals surface area contributed by atoms with Gasteiger partial charge in [-0.3, -0.25) is 16.9 Å². The first-order valence-corrected chi connectivity index (χ1v) is 0.866. The minimum Gasteiger partial charge on any atom is -0.291 e. The van der Waals surface area contributed by atoms with Gasteiger partial charge in [-0.1, -0.05) is 0 Å². The van der Waals surface area contributed by atoms with E-state index in [1.165, 1.54) is 0 Å². The summed E-state index contributed by atoms with van der Waals surface area (Å²) in [6, 6.07) is 0. The molecule has 34 valence electrons. The van der Waals surface area contributed by atoms with Crippen LogP contribution in [0, 0.1) is 0 Å². The fraction of sp³-hybridized carbons (Fsp3) is 0. The number of hydrogen-bond donors (Lipinski definition) is 3. The number of nitrogens with two attached hydrogens (primary N) is 3. The largest absolute Gasteiger partial charge is 2.00 e. The Bertz CT molecular complexity index is 33.8. The van der Waals surface area contributed by atoms with Crippen molar-refractivity contribution in [2.45, 2.75) is 0 Å². The average molecular weight is 396 g/mol. The minimum atomic E-state index is -0.0833. The monoisotopic (exact) mass is 397 g/mol. The molecule has 0 aromatic heterocycles. The first-order valence-electron chi connectivity index (χ1n) is 0.866. The van der Waals surface area contributed by atoms with Crippen LogP contribution in [0.4, 0.5) is 0 Å². The summed E-state index contributed by atoms with van der Waals surface area (Å²) < 4.78 is 0. The van der Waals surface area contributed by atoms with Crippen molar-refractivity contribution in [3.63, 3.8) is 0 Å². The molecule has 0 aromatic carbocycles. The van der Waals surface area contributed by atoms with E-state index in [1.807, 2.05) is 0 Å². The second kappa shape index (κ2) is 9.33. The van der Waals surface area contributed by atoms with Crippen molar-refractivity contribution in [1.82, 2.24) is 0 Å². The van der Waals surface area contributed by atoms with Gasteiger partial charge in [0.25, 0.3) is 0 Å². The number of guanidine groups is 1. The van der Waals surface area contributed by atoms with E-state index in [9.17, 15) is 0 Å². The van der Waals surface area contributed by atoms with Crippen molar-refractivity contribution >= 4 is 33.3 Å². The molecule has 3 nitrogen and oxygen atoms in total. The van der Waals surface area contributed by atoms with Crippen LogP contribution in [0.25, 0.3) is 0 Å². The molecule has 0 unspecified atom stereocenters. The zero-order valence-electron chi connectivity index (χ0n) is 3.18. The van der Waals surface area contributed by atoms with Crippen molar-refractivity contribution in [1.29, 1.82) is 0 Å². The molecule has 0 aliphatic carbocycles. The van der Waals surface area contributed by atoms with Crippen LogP contribution in [0.5, 0.6) is 0 Å². The Kier molecular flexibility index (Phi) is 24.5. The van der Waals surface area contributed by atoms with E-state index in [4.69, 9.17) is 0 Å². The third-order valence-electron chi connectivity index (χ3n) is 0. The molecule has 0 amide bonds. The van der Waals surface area contributed by atoms with Crippen LogP contribution in [0.15, 0.2) is 0 Å². The zero-order chi connectivity index (χ0) is 3.58. The van der Waals surface area contributed by atoms with Crippen molar-refractivity contribution in [3.05, 3.63) is 0 Å². The summed E-state index contributed by atoms with van der Waals surface area (Å²) in [5.74, 6) is -0.0833. The zero-order valence-corrected chi connectivity index (χ0v) is 9.62. The fourth-order valence-electron chi connectivity index (χ4n) is 0. The van der Waals surface area contributed by atoms with Gasteiger partial charge in [-0.2, -0.15) is 0 Å². The van der Waals surface area contributed by atoms with Crippen molar-refractivity contribution in [2.75, 3.05) is 0 Å². The van der Waals surface area contributed by atoms with Gasteiger partial charge in [0, 0.05) is 0 Å². The maximum atomic E-state index is 4.58. The van der Waals surface area contributed by atoms with E-state index in [1.54, 1.807) is 0 Å². The van der Waals surface area contributed by atoms with Gasteiger partial charge < -0.3 is 0 Å². The predicted octanol–water partition coefficient (Wildman–Crippen LogP) is -6.89. The molecule has 2 radical (unpaired) electrons. The second-order valence-electron chi connectivity index (χ2n) is 0.500. The van der Waals surface area contributed by atoms with Gasteiger partial charge in [-0.15, -0.1) is 0 Å². The molecule has 0 spiro atoms. The van der Waals surface area contributed by atoms with E-state index in [-0.39, 0.29) is 57.2 Å². The van der Waals surface area contributed by atoms with E-state index >= 15 is 0 Å². The summed E-state index contributed by atoms with van der Waals surface area (Å²) in [5.41, 5.74) is 9.17. The Labute approximate surface area is 73.5 Å². The van der Waals surface area contributed by atoms with Gasteiger partial charge in [0.2, 0.25) is 24.0 Å². The molecule has 0 aliphatic rings. The molecule has 0 bridgehead atoms. The first-order chi connectivity index (χ1) is 1.73. The van der Waals surface area contributed by atoms with Crippen molar-refractivity contribution in [2.24, 2.45) is 11.5 Å². The Morgan fingerprint density at radius 2 is 1.33 bits per heavy atom. The summed E-state index contributed by atoms with van der Waals surface area (Å²) in [6.07, 6.45) is 0. The van der Waals surface area contributed by atoms with E-state index < -0.39 is 0 Å². The van der Waals surface area contributed by atoms with Crippen LogP contribution in [-0.2, 0) is 0 Å². The van der Waals surface area contributed by atoms with Crippen LogP contribution in [0.2, 0.25) is 0 Å². The van der Waals surface area contributed by atoms with Gasteiger partial charge in [0.05, 0.1) is 0 Å². The Hall–Kier alpha value is 0.922. The molecule has 0 saturated heterocycles. The average Bonchev–Trinajstić information content (AvgIpc) is 0.811.